The summed E-state index contributed by atoms with van der Waals surface area (Å²) in [5, 5.41) is 11.6. The second-order valence-corrected chi connectivity index (χ2v) is 7.86. The zero-order chi connectivity index (χ0) is 19.7. The summed E-state index contributed by atoms with van der Waals surface area (Å²) in [6, 6.07) is 8.05. The van der Waals surface area contributed by atoms with E-state index in [4.69, 9.17) is 23.1 Å². The number of nitrogens with zero attached hydrogens (tertiary/aromatic N) is 4. The second kappa shape index (κ2) is 7.54. The molecule has 1 aromatic carbocycles. The summed E-state index contributed by atoms with van der Waals surface area (Å²) in [7, 11) is 1.84. The van der Waals surface area contributed by atoms with E-state index in [0.29, 0.717) is 16.7 Å². The van der Waals surface area contributed by atoms with Crippen molar-refractivity contribution in [1.82, 2.24) is 20.1 Å². The maximum absolute atomic E-state index is 6.63. The number of nitrogens with one attached hydrogen (secondary N) is 2. The van der Waals surface area contributed by atoms with E-state index in [1.54, 1.807) is 17.2 Å². The zero-order valence-electron chi connectivity index (χ0n) is 15.8. The SMILES string of the molecule is Cn1cnc(-c2ccccc2NC2=C(Cl)C=NC(N)(C3CCC(N)CC3)N2)n1. The molecule has 4 rings (SSSR count). The van der Waals surface area contributed by atoms with Gasteiger partial charge < -0.3 is 16.4 Å². The van der Waals surface area contributed by atoms with Gasteiger partial charge in [0.2, 0.25) is 0 Å². The van der Waals surface area contributed by atoms with Gasteiger partial charge in [-0.1, -0.05) is 23.7 Å². The maximum atomic E-state index is 6.63. The normalized spacial score (nSPS) is 27.6. The van der Waals surface area contributed by atoms with Crippen LogP contribution in [0.3, 0.4) is 0 Å². The van der Waals surface area contributed by atoms with Gasteiger partial charge in [0.05, 0.1) is 10.7 Å². The molecular formula is C19H25ClN8. The van der Waals surface area contributed by atoms with Gasteiger partial charge in [0.25, 0.3) is 0 Å². The lowest BCUT2D eigenvalue weighted by molar-refractivity contribution is 0.176. The summed E-state index contributed by atoms with van der Waals surface area (Å²) in [6.45, 7) is 0. The number of nitrogens with two attached hydrogens (primary N) is 2. The van der Waals surface area contributed by atoms with Gasteiger partial charge in [-0.25, -0.2) is 9.98 Å². The van der Waals surface area contributed by atoms with E-state index in [-0.39, 0.29) is 12.0 Å². The van der Waals surface area contributed by atoms with Crippen LogP contribution in [0.15, 0.2) is 46.4 Å². The van der Waals surface area contributed by atoms with E-state index in [0.717, 1.165) is 36.9 Å². The van der Waals surface area contributed by atoms with Crippen molar-refractivity contribution in [3.8, 4) is 11.4 Å². The zero-order valence-corrected chi connectivity index (χ0v) is 16.5. The molecule has 2 aliphatic rings. The Balaban J connectivity index is 1.58. The number of hydrogen-bond donors (Lipinski definition) is 4. The minimum Gasteiger partial charge on any atom is -0.340 e. The number of allylic oxidation sites excluding steroid dienone is 1. The summed E-state index contributed by atoms with van der Waals surface area (Å²) in [5.41, 5.74) is 14.4. The molecule has 0 spiro atoms. The lowest BCUT2D eigenvalue weighted by atomic mass is 9.82. The minimum atomic E-state index is -0.904. The van der Waals surface area contributed by atoms with Crippen LogP contribution in [-0.2, 0) is 7.05 Å². The maximum Gasteiger partial charge on any atom is 0.186 e. The quantitative estimate of drug-likeness (QED) is 0.624. The number of halogens is 1. The van der Waals surface area contributed by atoms with Gasteiger partial charge in [-0.3, -0.25) is 10.4 Å². The van der Waals surface area contributed by atoms with Crippen molar-refractivity contribution in [3.05, 3.63) is 41.4 Å². The van der Waals surface area contributed by atoms with Crippen LogP contribution in [0.1, 0.15) is 25.7 Å². The predicted molar refractivity (Wildman–Crippen MR) is 111 cm³/mol. The number of rotatable bonds is 4. The number of benzene rings is 1. The van der Waals surface area contributed by atoms with Gasteiger partial charge >= 0.3 is 0 Å². The first-order valence-corrected chi connectivity index (χ1v) is 9.82. The predicted octanol–water partition coefficient (Wildman–Crippen LogP) is 2.11. The summed E-state index contributed by atoms with van der Waals surface area (Å²) < 4.78 is 1.67. The standard InChI is InChI=1S/C19H25ClN8/c1-28-11-23-17(27-28)14-4-2-3-5-16(14)25-18-15(20)10-24-19(22,26-18)12-6-8-13(21)9-7-12/h2-5,10-13,25-26H,6-9,21-22H2,1H3. The molecule has 2 heterocycles. The van der Waals surface area contributed by atoms with Crippen molar-refractivity contribution in [2.75, 3.05) is 5.32 Å². The first kappa shape index (κ1) is 18.9. The Bertz CT molecular complexity index is 912. The average molecular weight is 401 g/mol. The molecule has 28 heavy (non-hydrogen) atoms. The molecule has 1 fully saturated rings. The van der Waals surface area contributed by atoms with Crippen LogP contribution < -0.4 is 22.1 Å². The van der Waals surface area contributed by atoms with Crippen LogP contribution in [0.4, 0.5) is 5.69 Å². The van der Waals surface area contributed by atoms with Crippen LogP contribution in [-0.4, -0.2) is 32.8 Å². The van der Waals surface area contributed by atoms with Crippen LogP contribution in [0, 0.1) is 5.92 Å². The van der Waals surface area contributed by atoms with E-state index in [1.807, 2.05) is 31.3 Å². The van der Waals surface area contributed by atoms with Gasteiger partial charge in [0.1, 0.15) is 12.1 Å². The smallest absolute Gasteiger partial charge is 0.186 e. The molecule has 0 saturated heterocycles. The molecule has 1 aliphatic carbocycles. The van der Waals surface area contributed by atoms with Crippen molar-refractivity contribution in [1.29, 1.82) is 0 Å². The molecule has 1 unspecified atom stereocenters. The van der Waals surface area contributed by atoms with E-state index in [1.165, 1.54) is 0 Å². The fraction of sp³-hybridized carbons (Fsp3) is 0.421. The number of aliphatic imine (C=N–C) groups is 1. The fourth-order valence-corrected chi connectivity index (χ4v) is 3.91. The van der Waals surface area contributed by atoms with E-state index in [2.05, 4.69) is 25.7 Å². The Morgan fingerprint density at radius 3 is 2.71 bits per heavy atom. The van der Waals surface area contributed by atoms with E-state index in [9.17, 15) is 0 Å². The molecule has 6 N–H and O–H groups in total. The molecule has 1 saturated carbocycles. The molecule has 8 nitrogen and oxygen atoms in total. The van der Waals surface area contributed by atoms with Gasteiger partial charge in [0.15, 0.2) is 11.6 Å². The third-order valence-electron chi connectivity index (χ3n) is 5.38. The van der Waals surface area contributed by atoms with Crippen molar-refractivity contribution >= 4 is 23.5 Å². The van der Waals surface area contributed by atoms with E-state index < -0.39 is 5.79 Å². The van der Waals surface area contributed by atoms with Gasteiger partial charge in [-0.2, -0.15) is 5.10 Å². The Morgan fingerprint density at radius 1 is 1.25 bits per heavy atom. The van der Waals surface area contributed by atoms with Crippen LogP contribution in [0.25, 0.3) is 11.4 Å². The molecule has 1 atom stereocenters. The molecule has 1 aliphatic heterocycles. The lowest BCUT2D eigenvalue weighted by Gasteiger charge is -2.41. The summed E-state index contributed by atoms with van der Waals surface area (Å²) in [6.07, 6.45) is 7.06. The molecule has 148 valence electrons. The largest absolute Gasteiger partial charge is 0.340 e. The average Bonchev–Trinajstić information content (AvgIpc) is 3.12. The Kier molecular flexibility index (Phi) is 5.09. The number of aromatic nitrogens is 3. The number of aryl methyl sites for hydroxylation is 1. The number of hydrogen-bond acceptors (Lipinski definition) is 7. The Morgan fingerprint density at radius 2 is 2.00 bits per heavy atom. The van der Waals surface area contributed by atoms with Crippen LogP contribution in [0.5, 0.6) is 0 Å². The lowest BCUT2D eigenvalue weighted by Crippen LogP contribution is -2.60. The van der Waals surface area contributed by atoms with Crippen molar-refractivity contribution in [2.45, 2.75) is 37.5 Å². The summed E-state index contributed by atoms with van der Waals surface area (Å²) in [4.78, 5) is 8.86. The second-order valence-electron chi connectivity index (χ2n) is 7.46. The molecule has 0 amide bonds. The molecule has 0 bridgehead atoms. The highest BCUT2D eigenvalue weighted by atomic mass is 35.5. The van der Waals surface area contributed by atoms with Crippen LogP contribution in [0.2, 0.25) is 0 Å². The number of anilines is 1. The topological polar surface area (TPSA) is 119 Å². The molecular weight excluding hydrogens is 376 g/mol. The molecule has 2 aromatic rings. The van der Waals surface area contributed by atoms with Crippen molar-refractivity contribution in [3.63, 3.8) is 0 Å². The number of para-hydroxylation sites is 1. The highest BCUT2D eigenvalue weighted by Crippen LogP contribution is 2.34. The first-order chi connectivity index (χ1) is 13.4. The first-order valence-electron chi connectivity index (χ1n) is 9.44. The molecule has 1 aromatic heterocycles. The fourth-order valence-electron chi connectivity index (χ4n) is 3.76. The highest BCUT2D eigenvalue weighted by molar-refractivity contribution is 6.40. The van der Waals surface area contributed by atoms with Crippen molar-refractivity contribution in [2.24, 2.45) is 29.4 Å². The summed E-state index contributed by atoms with van der Waals surface area (Å²) >= 11 is 6.42. The van der Waals surface area contributed by atoms with Gasteiger partial charge in [-0.05, 0) is 37.8 Å². The highest BCUT2D eigenvalue weighted by Gasteiger charge is 2.39. The van der Waals surface area contributed by atoms with E-state index >= 15 is 0 Å². The monoisotopic (exact) mass is 400 g/mol. The molecule has 9 heteroatoms. The van der Waals surface area contributed by atoms with Gasteiger partial charge in [-0.15, -0.1) is 0 Å². The Hall–Kier alpha value is -2.42. The Labute approximate surface area is 169 Å². The molecule has 0 radical (unpaired) electrons. The van der Waals surface area contributed by atoms with Crippen molar-refractivity contribution < 1.29 is 0 Å². The minimum absolute atomic E-state index is 0.192. The third-order valence-corrected chi connectivity index (χ3v) is 5.66. The summed E-state index contributed by atoms with van der Waals surface area (Å²) in [5.74, 6) is 0.543. The van der Waals surface area contributed by atoms with Gasteiger partial charge in [0, 0.05) is 30.8 Å². The van der Waals surface area contributed by atoms with Crippen LogP contribution >= 0.6 is 11.6 Å². The third kappa shape index (κ3) is 3.76.